The van der Waals surface area contributed by atoms with Crippen LogP contribution in [0.5, 0.6) is 5.75 Å². The van der Waals surface area contributed by atoms with Crippen LogP contribution in [0.25, 0.3) is 10.8 Å². The van der Waals surface area contributed by atoms with Crippen LogP contribution in [-0.4, -0.2) is 11.4 Å². The van der Waals surface area contributed by atoms with Crippen molar-refractivity contribution in [1.82, 2.24) is 0 Å². The second-order valence-corrected chi connectivity index (χ2v) is 4.81. The molecule has 0 unspecified atom stereocenters. The number of carbonyl (C=O) groups is 1. The van der Waals surface area contributed by atoms with Gasteiger partial charge in [-0.3, -0.25) is 0 Å². The number of phenols is 1. The van der Waals surface area contributed by atoms with Crippen molar-refractivity contribution in [2.24, 2.45) is 0 Å². The van der Waals surface area contributed by atoms with E-state index in [1.54, 1.807) is 6.07 Å². The summed E-state index contributed by atoms with van der Waals surface area (Å²) in [5.74, 6) is 0.270. The van der Waals surface area contributed by atoms with Crippen LogP contribution in [0.1, 0.15) is 24.8 Å². The Morgan fingerprint density at radius 3 is 2.41 bits per heavy atom. The lowest BCUT2D eigenvalue weighted by Crippen LogP contribution is -2.35. The third kappa shape index (κ3) is 1.37. The van der Waals surface area contributed by atoms with Gasteiger partial charge < -0.3 is 9.90 Å². The predicted molar refractivity (Wildman–Crippen MR) is 67.2 cm³/mol. The van der Waals surface area contributed by atoms with Crippen molar-refractivity contribution in [2.75, 3.05) is 0 Å². The molecule has 1 fully saturated rings. The minimum absolute atomic E-state index is 0.270. The van der Waals surface area contributed by atoms with E-state index in [2.05, 4.69) is 0 Å². The molecule has 0 amide bonds. The monoisotopic (exact) mass is 226 g/mol. The average molecular weight is 226 g/mol. The zero-order valence-electron chi connectivity index (χ0n) is 9.52. The van der Waals surface area contributed by atoms with Gasteiger partial charge in [0.2, 0.25) is 0 Å². The van der Waals surface area contributed by atoms with Crippen molar-refractivity contribution in [3.63, 3.8) is 0 Å². The Morgan fingerprint density at radius 2 is 1.82 bits per heavy atom. The van der Waals surface area contributed by atoms with E-state index >= 15 is 0 Å². The molecule has 0 bridgehead atoms. The molecule has 1 aliphatic rings. The van der Waals surface area contributed by atoms with Crippen LogP contribution in [-0.2, 0) is 10.2 Å². The maximum Gasteiger partial charge on any atom is 0.130 e. The number of aldehydes is 1. The first kappa shape index (κ1) is 10.3. The number of fused-ring (bicyclic) bond motifs is 1. The number of hydrogen-bond acceptors (Lipinski definition) is 2. The molecular weight excluding hydrogens is 212 g/mol. The smallest absolute Gasteiger partial charge is 0.130 e. The van der Waals surface area contributed by atoms with Gasteiger partial charge in [0, 0.05) is 5.39 Å². The maximum absolute atomic E-state index is 11.4. The molecule has 1 N–H and O–H groups in total. The lowest BCUT2D eigenvalue weighted by molar-refractivity contribution is -0.115. The molecule has 0 atom stereocenters. The molecular formula is C15H14O2. The Bertz CT molecular complexity index is 577. The van der Waals surface area contributed by atoms with E-state index in [0.29, 0.717) is 0 Å². The van der Waals surface area contributed by atoms with Crippen LogP contribution in [0.2, 0.25) is 0 Å². The van der Waals surface area contributed by atoms with Crippen molar-refractivity contribution in [3.05, 3.63) is 42.0 Å². The third-order valence-electron chi connectivity index (χ3n) is 3.89. The van der Waals surface area contributed by atoms with Gasteiger partial charge in [0.25, 0.3) is 0 Å². The van der Waals surface area contributed by atoms with E-state index < -0.39 is 0 Å². The first-order chi connectivity index (χ1) is 8.27. The van der Waals surface area contributed by atoms with Crippen LogP contribution >= 0.6 is 0 Å². The second-order valence-electron chi connectivity index (χ2n) is 4.81. The molecule has 1 aliphatic carbocycles. The molecule has 0 aromatic heterocycles. The Labute approximate surface area is 99.9 Å². The molecule has 3 rings (SSSR count). The van der Waals surface area contributed by atoms with Gasteiger partial charge in [0.1, 0.15) is 12.0 Å². The summed E-state index contributed by atoms with van der Waals surface area (Å²) >= 11 is 0. The number of aromatic hydroxyl groups is 1. The average Bonchev–Trinajstić information content (AvgIpc) is 2.29. The largest absolute Gasteiger partial charge is 0.507 e. The van der Waals surface area contributed by atoms with Crippen molar-refractivity contribution in [3.8, 4) is 5.75 Å². The number of phenolic OH excluding ortho intramolecular Hbond substituents is 1. The van der Waals surface area contributed by atoms with E-state index in [1.165, 1.54) is 0 Å². The zero-order valence-corrected chi connectivity index (χ0v) is 9.52. The molecule has 2 nitrogen and oxygen atoms in total. The molecule has 0 aliphatic heterocycles. The summed E-state index contributed by atoms with van der Waals surface area (Å²) in [6.45, 7) is 0. The summed E-state index contributed by atoms with van der Waals surface area (Å²) in [5.41, 5.74) is 0.618. The third-order valence-corrected chi connectivity index (χ3v) is 3.89. The molecule has 0 radical (unpaired) electrons. The van der Waals surface area contributed by atoms with Gasteiger partial charge in [-0.1, -0.05) is 36.8 Å². The molecule has 17 heavy (non-hydrogen) atoms. The first-order valence-corrected chi connectivity index (χ1v) is 5.94. The summed E-state index contributed by atoms with van der Waals surface area (Å²) in [4.78, 5) is 11.4. The van der Waals surface area contributed by atoms with Crippen LogP contribution in [0.3, 0.4) is 0 Å². The van der Waals surface area contributed by atoms with E-state index in [-0.39, 0.29) is 11.2 Å². The van der Waals surface area contributed by atoms with Crippen molar-refractivity contribution < 1.29 is 9.90 Å². The van der Waals surface area contributed by atoms with Crippen molar-refractivity contribution in [1.29, 1.82) is 0 Å². The summed E-state index contributed by atoms with van der Waals surface area (Å²) in [7, 11) is 0. The normalized spacial score (nSPS) is 17.6. The Morgan fingerprint density at radius 1 is 1.12 bits per heavy atom. The van der Waals surface area contributed by atoms with Gasteiger partial charge in [-0.25, -0.2) is 0 Å². The highest BCUT2D eigenvalue weighted by Crippen LogP contribution is 2.46. The van der Waals surface area contributed by atoms with Gasteiger partial charge in [-0.15, -0.1) is 0 Å². The number of carbonyl (C=O) groups excluding carboxylic acids is 1. The Kier molecular flexibility index (Phi) is 2.18. The van der Waals surface area contributed by atoms with E-state index in [9.17, 15) is 9.90 Å². The molecule has 2 aromatic rings. The summed E-state index contributed by atoms with van der Waals surface area (Å²) in [5, 5.41) is 11.8. The SMILES string of the molecule is O=CC1(c2cccc3cccc(O)c23)CCC1. The lowest BCUT2D eigenvalue weighted by Gasteiger charge is -2.38. The molecule has 0 spiro atoms. The maximum atomic E-state index is 11.4. The Balaban J connectivity index is 2.33. The number of benzene rings is 2. The fourth-order valence-electron chi connectivity index (χ4n) is 2.74. The topological polar surface area (TPSA) is 37.3 Å². The van der Waals surface area contributed by atoms with Gasteiger partial charge in [0.15, 0.2) is 0 Å². The minimum Gasteiger partial charge on any atom is -0.507 e. The molecule has 2 heteroatoms. The quantitative estimate of drug-likeness (QED) is 0.798. The summed E-state index contributed by atoms with van der Waals surface area (Å²) < 4.78 is 0. The first-order valence-electron chi connectivity index (χ1n) is 5.94. The van der Waals surface area contributed by atoms with Gasteiger partial charge in [-0.2, -0.15) is 0 Å². The molecule has 0 heterocycles. The standard InChI is InChI=1S/C15H14O2/c16-10-15(8-3-9-15)12-6-1-4-11-5-2-7-13(17)14(11)12/h1-2,4-7,10,17H,3,8-9H2. The number of hydrogen-bond donors (Lipinski definition) is 1. The van der Waals surface area contributed by atoms with Crippen LogP contribution < -0.4 is 0 Å². The van der Waals surface area contributed by atoms with E-state index in [1.807, 2.05) is 30.3 Å². The summed E-state index contributed by atoms with van der Waals surface area (Å²) in [6.07, 6.45) is 3.92. The minimum atomic E-state index is -0.363. The van der Waals surface area contributed by atoms with Gasteiger partial charge in [-0.05, 0) is 29.9 Å². The highest BCUT2D eigenvalue weighted by Gasteiger charge is 2.39. The highest BCUT2D eigenvalue weighted by molar-refractivity contribution is 5.94. The van der Waals surface area contributed by atoms with Crippen molar-refractivity contribution >= 4 is 17.1 Å². The predicted octanol–water partition coefficient (Wildman–Crippen LogP) is 3.17. The molecule has 0 saturated heterocycles. The molecule has 2 aromatic carbocycles. The van der Waals surface area contributed by atoms with E-state index in [0.717, 1.165) is 41.9 Å². The fourth-order valence-corrected chi connectivity index (χ4v) is 2.74. The van der Waals surface area contributed by atoms with Crippen LogP contribution in [0, 0.1) is 0 Å². The van der Waals surface area contributed by atoms with Gasteiger partial charge >= 0.3 is 0 Å². The lowest BCUT2D eigenvalue weighted by atomic mass is 9.64. The van der Waals surface area contributed by atoms with Gasteiger partial charge in [0.05, 0.1) is 5.41 Å². The number of rotatable bonds is 2. The van der Waals surface area contributed by atoms with Crippen LogP contribution in [0.15, 0.2) is 36.4 Å². The second kappa shape index (κ2) is 3.59. The zero-order chi connectivity index (χ0) is 11.9. The van der Waals surface area contributed by atoms with Crippen molar-refractivity contribution in [2.45, 2.75) is 24.7 Å². The summed E-state index contributed by atoms with van der Waals surface area (Å²) in [6, 6.07) is 11.4. The van der Waals surface area contributed by atoms with Crippen LogP contribution in [0.4, 0.5) is 0 Å². The highest BCUT2D eigenvalue weighted by atomic mass is 16.3. The fraction of sp³-hybridized carbons (Fsp3) is 0.267. The van der Waals surface area contributed by atoms with E-state index in [4.69, 9.17) is 0 Å². The Hall–Kier alpha value is -1.83. The molecule has 1 saturated carbocycles. The molecule has 86 valence electrons.